The monoisotopic (exact) mass is 405 g/mol. The van der Waals surface area contributed by atoms with Crippen LogP contribution < -0.4 is 0 Å². The number of ether oxygens (including phenoxy) is 1. The van der Waals surface area contributed by atoms with Crippen LogP contribution in [0.2, 0.25) is 5.02 Å². The highest BCUT2D eigenvalue weighted by molar-refractivity contribution is 6.33. The molecule has 0 bridgehead atoms. The number of amides is 1. The quantitative estimate of drug-likeness (QED) is 0.555. The maximum atomic E-state index is 13.0. The van der Waals surface area contributed by atoms with Gasteiger partial charge in [-0.1, -0.05) is 72.3 Å². The third-order valence-electron chi connectivity index (χ3n) is 5.10. The van der Waals surface area contributed by atoms with Crippen LogP contribution in [0, 0.1) is 0 Å². The Kier molecular flexibility index (Phi) is 5.63. The SMILES string of the molecule is O=C(OC[C@H](Cc1ccccc1)N1Cc2ccccc2C1=O)c1ccccc1Cl. The van der Waals surface area contributed by atoms with Gasteiger partial charge in [0, 0.05) is 12.1 Å². The van der Waals surface area contributed by atoms with Crippen molar-refractivity contribution >= 4 is 23.5 Å². The average molecular weight is 406 g/mol. The van der Waals surface area contributed by atoms with Gasteiger partial charge in [-0.25, -0.2) is 4.79 Å². The van der Waals surface area contributed by atoms with E-state index in [0.29, 0.717) is 29.1 Å². The molecule has 1 aliphatic heterocycles. The van der Waals surface area contributed by atoms with E-state index in [1.54, 1.807) is 29.2 Å². The molecule has 3 aromatic rings. The molecule has 0 N–H and O–H groups in total. The average Bonchev–Trinajstić information content (AvgIpc) is 3.09. The topological polar surface area (TPSA) is 46.6 Å². The van der Waals surface area contributed by atoms with E-state index >= 15 is 0 Å². The van der Waals surface area contributed by atoms with Crippen molar-refractivity contribution in [3.63, 3.8) is 0 Å². The van der Waals surface area contributed by atoms with Gasteiger partial charge in [-0.3, -0.25) is 4.79 Å². The third kappa shape index (κ3) is 4.17. The van der Waals surface area contributed by atoms with Crippen molar-refractivity contribution in [2.75, 3.05) is 6.61 Å². The predicted molar refractivity (Wildman–Crippen MR) is 112 cm³/mol. The Morgan fingerprint density at radius 2 is 1.66 bits per heavy atom. The van der Waals surface area contributed by atoms with Gasteiger partial charge in [0.15, 0.2) is 0 Å². The van der Waals surface area contributed by atoms with E-state index in [1.807, 2.05) is 54.6 Å². The minimum atomic E-state index is -0.488. The number of hydrogen-bond donors (Lipinski definition) is 0. The second-order valence-electron chi connectivity index (χ2n) is 7.01. The zero-order valence-electron chi connectivity index (χ0n) is 15.8. The second-order valence-corrected chi connectivity index (χ2v) is 7.42. The van der Waals surface area contributed by atoms with Crippen molar-refractivity contribution in [3.05, 3.63) is 106 Å². The molecule has 4 nitrogen and oxygen atoms in total. The van der Waals surface area contributed by atoms with E-state index in [-0.39, 0.29) is 18.6 Å². The highest BCUT2D eigenvalue weighted by Crippen LogP contribution is 2.26. The van der Waals surface area contributed by atoms with Crippen molar-refractivity contribution in [2.45, 2.75) is 19.0 Å². The molecule has 0 fully saturated rings. The van der Waals surface area contributed by atoms with E-state index in [0.717, 1.165) is 11.1 Å². The van der Waals surface area contributed by atoms with Crippen LogP contribution in [-0.4, -0.2) is 29.4 Å². The fourth-order valence-corrected chi connectivity index (χ4v) is 3.81. The van der Waals surface area contributed by atoms with Gasteiger partial charge in [0.2, 0.25) is 0 Å². The Morgan fingerprint density at radius 1 is 0.966 bits per heavy atom. The molecule has 29 heavy (non-hydrogen) atoms. The number of carbonyl (C=O) groups excluding carboxylic acids is 2. The Morgan fingerprint density at radius 3 is 2.41 bits per heavy atom. The molecule has 146 valence electrons. The molecule has 0 aliphatic carbocycles. The number of halogens is 1. The lowest BCUT2D eigenvalue weighted by molar-refractivity contribution is 0.0322. The lowest BCUT2D eigenvalue weighted by Crippen LogP contribution is -2.41. The summed E-state index contributed by atoms with van der Waals surface area (Å²) in [6.45, 7) is 0.606. The van der Waals surface area contributed by atoms with Gasteiger partial charge in [0.05, 0.1) is 16.6 Å². The van der Waals surface area contributed by atoms with Gasteiger partial charge in [-0.05, 0) is 35.7 Å². The van der Waals surface area contributed by atoms with Gasteiger partial charge in [0.25, 0.3) is 5.91 Å². The molecule has 5 heteroatoms. The zero-order chi connectivity index (χ0) is 20.2. The number of hydrogen-bond acceptors (Lipinski definition) is 3. The summed E-state index contributed by atoms with van der Waals surface area (Å²) < 4.78 is 5.59. The number of nitrogens with zero attached hydrogens (tertiary/aromatic N) is 1. The van der Waals surface area contributed by atoms with E-state index in [1.165, 1.54) is 0 Å². The molecule has 4 rings (SSSR count). The van der Waals surface area contributed by atoms with Crippen LogP contribution in [0.15, 0.2) is 78.9 Å². The highest BCUT2D eigenvalue weighted by Gasteiger charge is 2.33. The largest absolute Gasteiger partial charge is 0.460 e. The van der Waals surface area contributed by atoms with Crippen molar-refractivity contribution in [3.8, 4) is 0 Å². The van der Waals surface area contributed by atoms with Gasteiger partial charge < -0.3 is 9.64 Å². The number of esters is 1. The van der Waals surface area contributed by atoms with Crippen LogP contribution in [0.3, 0.4) is 0 Å². The summed E-state index contributed by atoms with van der Waals surface area (Å²) in [5.41, 5.74) is 3.11. The second kappa shape index (κ2) is 8.50. The summed E-state index contributed by atoms with van der Waals surface area (Å²) in [4.78, 5) is 27.3. The lowest BCUT2D eigenvalue weighted by atomic mass is 10.1. The van der Waals surface area contributed by atoms with Crippen molar-refractivity contribution in [2.24, 2.45) is 0 Å². The molecule has 1 aliphatic rings. The predicted octanol–water partition coefficient (Wildman–Crippen LogP) is 4.76. The van der Waals surface area contributed by atoms with Crippen LogP contribution in [-0.2, 0) is 17.7 Å². The van der Waals surface area contributed by atoms with E-state index in [9.17, 15) is 9.59 Å². The van der Waals surface area contributed by atoms with E-state index in [2.05, 4.69) is 0 Å². The first-order valence-electron chi connectivity index (χ1n) is 9.48. The molecule has 0 saturated carbocycles. The zero-order valence-corrected chi connectivity index (χ0v) is 16.5. The molecule has 0 saturated heterocycles. The highest BCUT2D eigenvalue weighted by atomic mass is 35.5. The molecule has 0 radical (unpaired) electrons. The minimum Gasteiger partial charge on any atom is -0.460 e. The van der Waals surface area contributed by atoms with Crippen LogP contribution in [0.25, 0.3) is 0 Å². The number of rotatable bonds is 6. The summed E-state index contributed by atoms with van der Waals surface area (Å²) in [6, 6.07) is 24.0. The van der Waals surface area contributed by atoms with Gasteiger partial charge in [0.1, 0.15) is 6.61 Å². The van der Waals surface area contributed by atoms with Gasteiger partial charge in [-0.15, -0.1) is 0 Å². The van der Waals surface area contributed by atoms with E-state index in [4.69, 9.17) is 16.3 Å². The molecule has 1 atom stereocenters. The Balaban J connectivity index is 1.54. The summed E-state index contributed by atoms with van der Waals surface area (Å²) in [5.74, 6) is -0.520. The molecule has 1 heterocycles. The molecule has 1 amide bonds. The molecular formula is C24H20ClNO3. The molecule has 0 aromatic heterocycles. The summed E-state index contributed by atoms with van der Waals surface area (Å²) >= 11 is 6.11. The summed E-state index contributed by atoms with van der Waals surface area (Å²) in [5, 5.41) is 0.349. The minimum absolute atomic E-state index is 0.0321. The van der Waals surface area contributed by atoms with Gasteiger partial charge >= 0.3 is 5.97 Å². The Bertz CT molecular complexity index is 1040. The van der Waals surface area contributed by atoms with Crippen molar-refractivity contribution < 1.29 is 14.3 Å². The third-order valence-corrected chi connectivity index (χ3v) is 5.43. The van der Waals surface area contributed by atoms with Crippen LogP contribution in [0.1, 0.15) is 31.8 Å². The molecule has 0 spiro atoms. The van der Waals surface area contributed by atoms with Crippen LogP contribution in [0.5, 0.6) is 0 Å². The molecule has 3 aromatic carbocycles. The van der Waals surface area contributed by atoms with Crippen molar-refractivity contribution in [1.82, 2.24) is 4.90 Å². The molecular weight excluding hydrogens is 386 g/mol. The Labute approximate surface area is 174 Å². The smallest absolute Gasteiger partial charge is 0.339 e. The number of fused-ring (bicyclic) bond motifs is 1. The van der Waals surface area contributed by atoms with Gasteiger partial charge in [-0.2, -0.15) is 0 Å². The first-order valence-corrected chi connectivity index (χ1v) is 9.86. The van der Waals surface area contributed by atoms with E-state index < -0.39 is 5.97 Å². The normalized spacial score (nSPS) is 13.8. The number of benzene rings is 3. The summed E-state index contributed by atoms with van der Waals surface area (Å²) in [7, 11) is 0. The number of carbonyl (C=O) groups is 2. The standard InChI is InChI=1S/C24H20ClNO3/c25-22-13-7-6-12-21(22)24(28)29-16-19(14-17-8-2-1-3-9-17)26-15-18-10-4-5-11-20(18)23(26)27/h1-13,19H,14-16H2/t19-/m0/s1. The fraction of sp³-hybridized carbons (Fsp3) is 0.167. The lowest BCUT2D eigenvalue weighted by Gasteiger charge is -2.27. The molecule has 0 unspecified atom stereocenters. The first kappa shape index (κ1) is 19.2. The van der Waals surface area contributed by atoms with Crippen molar-refractivity contribution in [1.29, 1.82) is 0 Å². The first-order chi connectivity index (χ1) is 14.1. The Hall–Kier alpha value is -3.11. The van der Waals surface area contributed by atoms with Crippen LogP contribution >= 0.6 is 11.6 Å². The van der Waals surface area contributed by atoms with Crippen LogP contribution in [0.4, 0.5) is 0 Å². The summed E-state index contributed by atoms with van der Waals surface area (Å²) in [6.07, 6.45) is 0.594. The maximum absolute atomic E-state index is 13.0. The fourth-order valence-electron chi connectivity index (χ4n) is 3.59. The maximum Gasteiger partial charge on any atom is 0.339 e.